The third-order valence-electron chi connectivity index (χ3n) is 2.12. The van der Waals surface area contributed by atoms with E-state index in [0.29, 0.717) is 0 Å². The van der Waals surface area contributed by atoms with Gasteiger partial charge in [0.25, 0.3) is 0 Å². The summed E-state index contributed by atoms with van der Waals surface area (Å²) in [6.45, 7) is 1.64. The van der Waals surface area contributed by atoms with Crippen molar-refractivity contribution in [1.29, 1.82) is 0 Å². The van der Waals surface area contributed by atoms with Crippen molar-refractivity contribution in [2.75, 3.05) is 7.11 Å². The highest BCUT2D eigenvalue weighted by Gasteiger charge is 2.27. The summed E-state index contributed by atoms with van der Waals surface area (Å²) in [6, 6.07) is 0.986. The molecule has 0 fully saturated rings. The van der Waals surface area contributed by atoms with Crippen molar-refractivity contribution in [3.8, 4) is 5.75 Å². The molecule has 6 heteroatoms. The van der Waals surface area contributed by atoms with E-state index < -0.39 is 30.0 Å². The van der Waals surface area contributed by atoms with E-state index in [9.17, 15) is 8.78 Å². The Bertz CT molecular complexity index is 369. The van der Waals surface area contributed by atoms with Gasteiger partial charge in [0.15, 0.2) is 11.6 Å². The zero-order chi connectivity index (χ0) is 11.6. The van der Waals surface area contributed by atoms with Crippen molar-refractivity contribution in [2.24, 2.45) is 0 Å². The number of hydrogen-bond donors (Lipinski definition) is 2. The molecule has 82 valence electrons. The first-order valence-electron chi connectivity index (χ1n) is 4.43. The molecule has 1 aromatic carbocycles. The molecule has 0 aliphatic rings. The van der Waals surface area contributed by atoms with Crippen LogP contribution in [0, 0.1) is 11.6 Å². The first-order chi connectivity index (χ1) is 7.02. The van der Waals surface area contributed by atoms with E-state index in [1.807, 2.05) is 0 Å². The zero-order valence-corrected chi connectivity index (χ0v) is 8.42. The summed E-state index contributed by atoms with van der Waals surface area (Å²) < 4.78 is 31.5. The molecule has 3 nitrogen and oxygen atoms in total. The average Bonchev–Trinajstić information content (AvgIpc) is 2.19. The van der Waals surface area contributed by atoms with Gasteiger partial charge >= 0.3 is 7.12 Å². The highest BCUT2D eigenvalue weighted by atomic mass is 19.1. The lowest BCUT2D eigenvalue weighted by Crippen LogP contribution is -2.35. The molecule has 0 saturated carbocycles. The molecular formula is C9H11BF2O3. The monoisotopic (exact) mass is 216 g/mol. The van der Waals surface area contributed by atoms with Crippen LogP contribution in [0.5, 0.6) is 5.75 Å². The molecule has 1 rings (SSSR count). The summed E-state index contributed by atoms with van der Waals surface area (Å²) in [7, 11) is -0.962. The van der Waals surface area contributed by atoms with Crippen LogP contribution in [-0.4, -0.2) is 24.3 Å². The van der Waals surface area contributed by atoms with E-state index in [4.69, 9.17) is 10.0 Å². The van der Waals surface area contributed by atoms with Crippen molar-refractivity contribution in [2.45, 2.75) is 13.3 Å². The minimum Gasteiger partial charge on any atom is -0.494 e. The molecular weight excluding hydrogens is 205 g/mol. The van der Waals surface area contributed by atoms with Gasteiger partial charge in [-0.25, -0.2) is 8.78 Å². The lowest BCUT2D eigenvalue weighted by atomic mass is 9.77. The molecule has 0 unspecified atom stereocenters. The summed E-state index contributed by atoms with van der Waals surface area (Å²) in [5.41, 5.74) is -0.481. The van der Waals surface area contributed by atoms with Crippen LogP contribution < -0.4 is 10.2 Å². The van der Waals surface area contributed by atoms with Crippen LogP contribution in [0.25, 0.3) is 0 Å². The van der Waals surface area contributed by atoms with E-state index in [-0.39, 0.29) is 12.0 Å². The van der Waals surface area contributed by atoms with Crippen LogP contribution in [0.4, 0.5) is 8.78 Å². The molecule has 0 aliphatic carbocycles. The standard InChI is InChI=1S/C9H11BF2O3/c1-3-5-4-6(11)9(15-2)7(8(5)12)10(13)14/h4,13-14H,3H2,1-2H3. The summed E-state index contributed by atoms with van der Waals surface area (Å²) in [6.07, 6.45) is 0.256. The van der Waals surface area contributed by atoms with Crippen LogP contribution in [0.15, 0.2) is 6.07 Å². The van der Waals surface area contributed by atoms with Crippen molar-refractivity contribution in [1.82, 2.24) is 0 Å². The highest BCUT2D eigenvalue weighted by Crippen LogP contribution is 2.19. The van der Waals surface area contributed by atoms with E-state index in [1.165, 1.54) is 0 Å². The molecule has 0 atom stereocenters. The predicted molar refractivity (Wildman–Crippen MR) is 52.1 cm³/mol. The van der Waals surface area contributed by atoms with Gasteiger partial charge in [0.1, 0.15) is 5.82 Å². The number of methoxy groups -OCH3 is 1. The minimum absolute atomic E-state index is 0.0800. The van der Waals surface area contributed by atoms with Crippen LogP contribution in [0.3, 0.4) is 0 Å². The van der Waals surface area contributed by atoms with Crippen molar-refractivity contribution in [3.05, 3.63) is 23.3 Å². The largest absolute Gasteiger partial charge is 0.495 e. The lowest BCUT2D eigenvalue weighted by molar-refractivity contribution is 0.376. The summed E-state index contributed by atoms with van der Waals surface area (Å²) in [5, 5.41) is 17.9. The number of halogens is 2. The van der Waals surface area contributed by atoms with E-state index in [0.717, 1.165) is 13.2 Å². The molecule has 0 heterocycles. The van der Waals surface area contributed by atoms with Crippen LogP contribution in [-0.2, 0) is 6.42 Å². The van der Waals surface area contributed by atoms with Crippen LogP contribution in [0.1, 0.15) is 12.5 Å². The van der Waals surface area contributed by atoms with Gasteiger partial charge in [-0.3, -0.25) is 0 Å². The Labute approximate surface area is 86.5 Å². The molecule has 0 spiro atoms. The molecule has 0 saturated heterocycles. The second-order valence-corrected chi connectivity index (χ2v) is 3.01. The number of ether oxygens (including phenoxy) is 1. The Morgan fingerprint density at radius 2 is 2.00 bits per heavy atom. The molecule has 0 radical (unpaired) electrons. The predicted octanol–water partition coefficient (Wildman–Crippen LogP) is 0.216. The van der Waals surface area contributed by atoms with Crippen molar-refractivity contribution >= 4 is 12.6 Å². The fraction of sp³-hybridized carbons (Fsp3) is 0.333. The Morgan fingerprint density at radius 1 is 1.40 bits per heavy atom. The molecule has 2 N–H and O–H groups in total. The van der Waals surface area contributed by atoms with Gasteiger partial charge in [-0.15, -0.1) is 0 Å². The zero-order valence-electron chi connectivity index (χ0n) is 8.42. The topological polar surface area (TPSA) is 49.7 Å². The van der Waals surface area contributed by atoms with Gasteiger partial charge in [0, 0.05) is 0 Å². The summed E-state index contributed by atoms with van der Waals surface area (Å²) in [4.78, 5) is 0. The fourth-order valence-electron chi connectivity index (χ4n) is 1.38. The molecule has 0 aromatic heterocycles. The van der Waals surface area contributed by atoms with E-state index >= 15 is 0 Å². The molecule has 0 aliphatic heterocycles. The fourth-order valence-corrected chi connectivity index (χ4v) is 1.38. The van der Waals surface area contributed by atoms with Gasteiger partial charge in [-0.1, -0.05) is 6.92 Å². The van der Waals surface area contributed by atoms with E-state index in [1.54, 1.807) is 6.92 Å². The molecule has 0 amide bonds. The maximum absolute atomic E-state index is 13.6. The van der Waals surface area contributed by atoms with Gasteiger partial charge in [0.2, 0.25) is 0 Å². The Morgan fingerprint density at radius 3 is 2.40 bits per heavy atom. The van der Waals surface area contributed by atoms with Crippen LogP contribution >= 0.6 is 0 Å². The quantitative estimate of drug-likeness (QED) is 0.710. The van der Waals surface area contributed by atoms with Gasteiger partial charge in [-0.2, -0.15) is 0 Å². The number of hydrogen-bond acceptors (Lipinski definition) is 3. The SMILES string of the molecule is CCc1cc(F)c(OC)c(B(O)O)c1F. The first-order valence-corrected chi connectivity index (χ1v) is 4.43. The molecule has 15 heavy (non-hydrogen) atoms. The van der Waals surface area contributed by atoms with Gasteiger partial charge in [-0.05, 0) is 18.1 Å². The van der Waals surface area contributed by atoms with Gasteiger partial charge < -0.3 is 14.8 Å². The maximum Gasteiger partial charge on any atom is 0.495 e. The van der Waals surface area contributed by atoms with Gasteiger partial charge in [0.05, 0.1) is 12.6 Å². The smallest absolute Gasteiger partial charge is 0.494 e. The molecule has 0 bridgehead atoms. The Hall–Kier alpha value is -1.14. The lowest BCUT2D eigenvalue weighted by Gasteiger charge is -2.12. The number of aryl methyl sites for hydroxylation is 1. The highest BCUT2D eigenvalue weighted by molar-refractivity contribution is 6.59. The maximum atomic E-state index is 13.6. The Kier molecular flexibility index (Phi) is 3.65. The van der Waals surface area contributed by atoms with Crippen molar-refractivity contribution < 1.29 is 23.6 Å². The second kappa shape index (κ2) is 4.59. The third-order valence-corrected chi connectivity index (χ3v) is 2.12. The summed E-state index contributed by atoms with van der Waals surface area (Å²) in [5.74, 6) is -2.12. The summed E-state index contributed by atoms with van der Waals surface area (Å²) >= 11 is 0. The average molecular weight is 216 g/mol. The van der Waals surface area contributed by atoms with Crippen LogP contribution in [0.2, 0.25) is 0 Å². The van der Waals surface area contributed by atoms with E-state index in [2.05, 4.69) is 4.74 Å². The molecule has 1 aromatic rings. The number of rotatable bonds is 3. The van der Waals surface area contributed by atoms with Crippen molar-refractivity contribution in [3.63, 3.8) is 0 Å². The normalized spacial score (nSPS) is 10.3. The number of benzene rings is 1. The minimum atomic E-state index is -2.10. The second-order valence-electron chi connectivity index (χ2n) is 3.01. The Balaban J connectivity index is 3.48. The first kappa shape index (κ1) is 11.9. The third kappa shape index (κ3) is 2.10.